The number of hydrogen-bond acceptors (Lipinski definition) is 5. The molecule has 0 spiro atoms. The molecule has 5 heteroatoms. The number of aliphatic hydroxyl groups excluding tert-OH is 3. The molecule has 0 radical (unpaired) electrons. The SMILES string of the molecule is N[C@@]1(CO)OCC(O)[C@H]1O. The number of aliphatic hydroxyl groups is 3. The molecule has 60 valence electrons. The van der Waals surface area contributed by atoms with Gasteiger partial charge in [-0.3, -0.25) is 5.73 Å². The van der Waals surface area contributed by atoms with Gasteiger partial charge in [0, 0.05) is 0 Å². The van der Waals surface area contributed by atoms with Gasteiger partial charge in [-0.15, -0.1) is 0 Å². The van der Waals surface area contributed by atoms with E-state index in [2.05, 4.69) is 0 Å². The van der Waals surface area contributed by atoms with Gasteiger partial charge in [0.2, 0.25) is 0 Å². The summed E-state index contributed by atoms with van der Waals surface area (Å²) >= 11 is 0. The molecule has 1 heterocycles. The van der Waals surface area contributed by atoms with Crippen LogP contribution in [0.3, 0.4) is 0 Å². The first-order valence-corrected chi connectivity index (χ1v) is 3.00. The molecule has 1 rings (SSSR count). The Hall–Kier alpha value is -0.200. The van der Waals surface area contributed by atoms with Crippen LogP contribution >= 0.6 is 0 Å². The van der Waals surface area contributed by atoms with Crippen molar-refractivity contribution >= 4 is 0 Å². The summed E-state index contributed by atoms with van der Waals surface area (Å²) in [4.78, 5) is 0. The topological polar surface area (TPSA) is 95.9 Å². The third-order valence-corrected chi connectivity index (χ3v) is 1.64. The standard InChI is InChI=1S/C5H11NO4/c6-5(2-7)4(9)3(8)1-10-5/h3-4,7-9H,1-2,6H2/t3?,4-,5+/m1/s1. The van der Waals surface area contributed by atoms with E-state index in [9.17, 15) is 0 Å². The highest BCUT2D eigenvalue weighted by molar-refractivity contribution is 4.92. The van der Waals surface area contributed by atoms with Crippen LogP contribution in [0.1, 0.15) is 0 Å². The molecule has 1 unspecified atom stereocenters. The van der Waals surface area contributed by atoms with Crippen LogP contribution in [0.15, 0.2) is 0 Å². The summed E-state index contributed by atoms with van der Waals surface area (Å²) in [5, 5.41) is 26.5. The van der Waals surface area contributed by atoms with Crippen molar-refractivity contribution in [3.63, 3.8) is 0 Å². The van der Waals surface area contributed by atoms with Gasteiger partial charge in [0.25, 0.3) is 0 Å². The lowest BCUT2D eigenvalue weighted by atomic mass is 10.1. The number of hydrogen-bond donors (Lipinski definition) is 4. The molecule has 0 bridgehead atoms. The van der Waals surface area contributed by atoms with Crippen LogP contribution in [-0.2, 0) is 4.74 Å². The molecular formula is C5H11NO4. The van der Waals surface area contributed by atoms with E-state index in [-0.39, 0.29) is 6.61 Å². The first-order chi connectivity index (χ1) is 4.60. The van der Waals surface area contributed by atoms with E-state index in [0.29, 0.717) is 0 Å². The Morgan fingerprint density at radius 2 is 2.20 bits per heavy atom. The minimum absolute atomic E-state index is 0.0295. The smallest absolute Gasteiger partial charge is 0.168 e. The maximum Gasteiger partial charge on any atom is 0.168 e. The molecule has 5 nitrogen and oxygen atoms in total. The Morgan fingerprint density at radius 1 is 1.60 bits per heavy atom. The summed E-state index contributed by atoms with van der Waals surface area (Å²) < 4.78 is 4.74. The average Bonchev–Trinajstić information content (AvgIpc) is 2.19. The van der Waals surface area contributed by atoms with E-state index in [1.807, 2.05) is 0 Å². The fourth-order valence-corrected chi connectivity index (χ4v) is 0.882. The molecule has 3 atom stereocenters. The predicted octanol–water partition coefficient (Wildman–Crippen LogP) is -2.61. The van der Waals surface area contributed by atoms with Gasteiger partial charge < -0.3 is 20.1 Å². The minimum Gasteiger partial charge on any atom is -0.392 e. The summed E-state index contributed by atoms with van der Waals surface area (Å²) in [6.07, 6.45) is -2.19. The third kappa shape index (κ3) is 1.02. The lowest BCUT2D eigenvalue weighted by molar-refractivity contribution is -0.0904. The van der Waals surface area contributed by atoms with Crippen molar-refractivity contribution in [2.24, 2.45) is 5.73 Å². The highest BCUT2D eigenvalue weighted by Crippen LogP contribution is 2.20. The molecule has 0 aromatic heterocycles. The largest absolute Gasteiger partial charge is 0.392 e. The van der Waals surface area contributed by atoms with E-state index >= 15 is 0 Å². The van der Waals surface area contributed by atoms with Gasteiger partial charge in [-0.2, -0.15) is 0 Å². The van der Waals surface area contributed by atoms with Crippen LogP contribution in [0.25, 0.3) is 0 Å². The normalized spacial score (nSPS) is 48.0. The quantitative estimate of drug-likeness (QED) is 0.327. The van der Waals surface area contributed by atoms with E-state index in [4.69, 9.17) is 25.8 Å². The molecule has 1 aliphatic rings. The molecule has 10 heavy (non-hydrogen) atoms. The molecular weight excluding hydrogens is 138 g/mol. The highest BCUT2D eigenvalue weighted by Gasteiger charge is 2.45. The maximum atomic E-state index is 9.06. The Kier molecular flexibility index (Phi) is 1.93. The first kappa shape index (κ1) is 7.90. The zero-order chi connectivity index (χ0) is 7.78. The molecule has 1 aliphatic heterocycles. The Bertz CT molecular complexity index is 131. The van der Waals surface area contributed by atoms with Crippen molar-refractivity contribution in [3.05, 3.63) is 0 Å². The van der Waals surface area contributed by atoms with Crippen molar-refractivity contribution in [2.45, 2.75) is 17.9 Å². The summed E-state index contributed by atoms with van der Waals surface area (Å²) in [6.45, 7) is -0.524. The monoisotopic (exact) mass is 149 g/mol. The average molecular weight is 149 g/mol. The van der Waals surface area contributed by atoms with Gasteiger partial charge in [-0.05, 0) is 0 Å². The van der Waals surface area contributed by atoms with Crippen molar-refractivity contribution in [3.8, 4) is 0 Å². The molecule has 1 saturated heterocycles. The van der Waals surface area contributed by atoms with Crippen molar-refractivity contribution in [1.29, 1.82) is 0 Å². The van der Waals surface area contributed by atoms with Crippen LogP contribution in [0.4, 0.5) is 0 Å². The van der Waals surface area contributed by atoms with E-state index in [1.165, 1.54) is 0 Å². The van der Waals surface area contributed by atoms with Crippen molar-refractivity contribution in [2.75, 3.05) is 13.2 Å². The van der Waals surface area contributed by atoms with Crippen LogP contribution < -0.4 is 5.73 Å². The Labute approximate surface area is 58.0 Å². The molecule has 0 saturated carbocycles. The van der Waals surface area contributed by atoms with E-state index < -0.39 is 24.5 Å². The third-order valence-electron chi connectivity index (χ3n) is 1.64. The van der Waals surface area contributed by atoms with Crippen LogP contribution in [0.5, 0.6) is 0 Å². The molecule has 0 amide bonds. The lowest BCUT2D eigenvalue weighted by Gasteiger charge is -2.24. The minimum atomic E-state index is -1.47. The van der Waals surface area contributed by atoms with E-state index in [0.717, 1.165) is 0 Å². The molecule has 0 aromatic carbocycles. The van der Waals surface area contributed by atoms with Crippen LogP contribution in [0, 0.1) is 0 Å². The van der Waals surface area contributed by atoms with Gasteiger partial charge in [-0.1, -0.05) is 0 Å². The van der Waals surface area contributed by atoms with Gasteiger partial charge >= 0.3 is 0 Å². The summed E-state index contributed by atoms with van der Waals surface area (Å²) in [5.74, 6) is 0. The predicted molar refractivity (Wildman–Crippen MR) is 32.0 cm³/mol. The Morgan fingerprint density at radius 3 is 2.40 bits per heavy atom. The number of rotatable bonds is 1. The fourth-order valence-electron chi connectivity index (χ4n) is 0.882. The second-order valence-corrected chi connectivity index (χ2v) is 2.44. The highest BCUT2D eigenvalue weighted by atomic mass is 16.6. The maximum absolute atomic E-state index is 9.06. The van der Waals surface area contributed by atoms with Gasteiger partial charge in [0.1, 0.15) is 12.2 Å². The number of nitrogens with two attached hydrogens (primary N) is 1. The first-order valence-electron chi connectivity index (χ1n) is 3.00. The summed E-state index contributed by atoms with van der Waals surface area (Å²) in [5.41, 5.74) is 3.84. The second-order valence-electron chi connectivity index (χ2n) is 2.44. The summed E-state index contributed by atoms with van der Waals surface area (Å²) in [6, 6.07) is 0. The zero-order valence-corrected chi connectivity index (χ0v) is 5.40. The van der Waals surface area contributed by atoms with Crippen LogP contribution in [0.2, 0.25) is 0 Å². The molecule has 0 aromatic rings. The van der Waals surface area contributed by atoms with E-state index in [1.54, 1.807) is 0 Å². The van der Waals surface area contributed by atoms with Gasteiger partial charge in [0.15, 0.2) is 5.72 Å². The van der Waals surface area contributed by atoms with Gasteiger partial charge in [-0.25, -0.2) is 0 Å². The Balaban J connectivity index is 2.64. The molecule has 5 N–H and O–H groups in total. The van der Waals surface area contributed by atoms with Gasteiger partial charge in [0.05, 0.1) is 13.2 Å². The summed E-state index contributed by atoms with van der Waals surface area (Å²) in [7, 11) is 0. The fraction of sp³-hybridized carbons (Fsp3) is 1.00. The number of ether oxygens (including phenoxy) is 1. The van der Waals surface area contributed by atoms with Crippen LogP contribution in [-0.4, -0.2) is 46.5 Å². The van der Waals surface area contributed by atoms with Crippen molar-refractivity contribution < 1.29 is 20.1 Å². The molecule has 1 fully saturated rings. The molecule has 0 aliphatic carbocycles. The second kappa shape index (κ2) is 2.44. The zero-order valence-electron chi connectivity index (χ0n) is 5.40. The van der Waals surface area contributed by atoms with Crippen molar-refractivity contribution in [1.82, 2.24) is 0 Å². The lowest BCUT2D eigenvalue weighted by Crippen LogP contribution is -2.54.